The predicted molar refractivity (Wildman–Crippen MR) is 129 cm³/mol. The second kappa shape index (κ2) is 10.4. The lowest BCUT2D eigenvalue weighted by molar-refractivity contribution is -0.148. The average molecular weight is 434 g/mol. The summed E-state index contributed by atoms with van der Waals surface area (Å²) < 4.78 is 5.27. The summed E-state index contributed by atoms with van der Waals surface area (Å²) in [5, 5.41) is 0. The number of allylic oxidation sites excluding steroid dienone is 1. The molecule has 32 heavy (non-hydrogen) atoms. The van der Waals surface area contributed by atoms with Crippen LogP contribution in [0.2, 0.25) is 0 Å². The van der Waals surface area contributed by atoms with Crippen LogP contribution in [0.5, 0.6) is 0 Å². The molecule has 0 spiro atoms. The number of para-hydroxylation sites is 1. The van der Waals surface area contributed by atoms with Gasteiger partial charge < -0.3 is 14.5 Å². The number of ketones is 1. The molecule has 0 radical (unpaired) electrons. The number of esters is 1. The summed E-state index contributed by atoms with van der Waals surface area (Å²) in [6.45, 7) is 9.22. The molecule has 1 aliphatic rings. The third-order valence-electron chi connectivity index (χ3n) is 5.01. The highest BCUT2D eigenvalue weighted by molar-refractivity contribution is 6.10. The fraction of sp³-hybridized carbons (Fsp3) is 0.346. The third kappa shape index (κ3) is 6.89. The van der Waals surface area contributed by atoms with Crippen molar-refractivity contribution in [2.75, 3.05) is 38.1 Å². The Morgan fingerprint density at radius 2 is 1.53 bits per heavy atom. The number of aromatic nitrogens is 1. The molecule has 0 N–H and O–H groups in total. The summed E-state index contributed by atoms with van der Waals surface area (Å²) in [7, 11) is 2.11. The van der Waals surface area contributed by atoms with E-state index in [2.05, 4.69) is 21.8 Å². The van der Waals surface area contributed by atoms with Crippen LogP contribution in [0.4, 0.5) is 5.69 Å². The first-order chi connectivity index (χ1) is 15.2. The van der Waals surface area contributed by atoms with Crippen LogP contribution in [-0.4, -0.2) is 60.5 Å². The van der Waals surface area contributed by atoms with E-state index in [1.807, 2.05) is 57.2 Å². The molecule has 1 aromatic carbocycles. The quantitative estimate of drug-likeness (QED) is 0.389. The van der Waals surface area contributed by atoms with Gasteiger partial charge in [0.1, 0.15) is 5.60 Å². The van der Waals surface area contributed by atoms with Gasteiger partial charge in [0.05, 0.1) is 11.4 Å². The Labute approximate surface area is 190 Å². The van der Waals surface area contributed by atoms with Crippen LogP contribution in [0.3, 0.4) is 0 Å². The Morgan fingerprint density at radius 1 is 0.906 bits per heavy atom. The van der Waals surface area contributed by atoms with Crippen LogP contribution in [0, 0.1) is 0 Å². The minimum atomic E-state index is -0.541. The Hall–Kier alpha value is -3.25. The Morgan fingerprint density at radius 3 is 2.19 bits per heavy atom. The number of benzene rings is 1. The molecule has 1 saturated heterocycles. The maximum Gasteiger partial charge on any atom is 0.331 e. The van der Waals surface area contributed by atoms with Crippen molar-refractivity contribution in [2.45, 2.75) is 26.4 Å². The maximum atomic E-state index is 13.0. The zero-order valence-corrected chi connectivity index (χ0v) is 19.2. The lowest BCUT2D eigenvalue weighted by atomic mass is 10.1. The maximum absolute atomic E-state index is 13.0. The number of carbonyl (C=O) groups excluding carboxylic acids is 2. The summed E-state index contributed by atoms with van der Waals surface area (Å²) in [5.74, 6) is -0.480. The summed E-state index contributed by atoms with van der Waals surface area (Å²) in [5.41, 5.74) is 2.37. The van der Waals surface area contributed by atoms with Crippen molar-refractivity contribution in [2.24, 2.45) is 0 Å². The van der Waals surface area contributed by atoms with E-state index in [1.165, 1.54) is 6.08 Å². The summed E-state index contributed by atoms with van der Waals surface area (Å²) in [6.07, 6.45) is 6.22. The van der Waals surface area contributed by atoms with Crippen LogP contribution < -0.4 is 4.90 Å². The number of anilines is 1. The Kier molecular flexibility index (Phi) is 7.59. The number of carbonyl (C=O) groups is 2. The molecule has 0 unspecified atom stereocenters. The van der Waals surface area contributed by atoms with E-state index < -0.39 is 11.6 Å². The van der Waals surface area contributed by atoms with Gasteiger partial charge in [0, 0.05) is 43.5 Å². The largest absolute Gasteiger partial charge is 0.457 e. The van der Waals surface area contributed by atoms with Crippen LogP contribution in [0.25, 0.3) is 12.2 Å². The van der Waals surface area contributed by atoms with E-state index >= 15 is 0 Å². The zero-order chi connectivity index (χ0) is 23.1. The summed E-state index contributed by atoms with van der Waals surface area (Å²) in [6, 6.07) is 13.2. The van der Waals surface area contributed by atoms with E-state index in [4.69, 9.17) is 4.74 Å². The second-order valence-corrected chi connectivity index (χ2v) is 8.86. The minimum absolute atomic E-state index is 0.0592. The van der Waals surface area contributed by atoms with Crippen molar-refractivity contribution >= 4 is 29.6 Å². The van der Waals surface area contributed by atoms with Gasteiger partial charge in [-0.1, -0.05) is 18.2 Å². The van der Waals surface area contributed by atoms with Gasteiger partial charge >= 0.3 is 5.97 Å². The molecule has 1 fully saturated rings. The summed E-state index contributed by atoms with van der Waals surface area (Å²) in [4.78, 5) is 33.9. The lowest BCUT2D eigenvalue weighted by Gasteiger charge is -2.34. The smallest absolute Gasteiger partial charge is 0.331 e. The number of hydrogen-bond donors (Lipinski definition) is 0. The molecule has 2 aromatic rings. The van der Waals surface area contributed by atoms with E-state index in [0.717, 1.165) is 31.9 Å². The number of pyridine rings is 1. The van der Waals surface area contributed by atoms with Crippen LogP contribution in [-0.2, 0) is 9.53 Å². The highest BCUT2D eigenvalue weighted by Crippen LogP contribution is 2.23. The van der Waals surface area contributed by atoms with Gasteiger partial charge in [-0.15, -0.1) is 0 Å². The molecule has 2 heterocycles. The van der Waals surface area contributed by atoms with Crippen molar-refractivity contribution < 1.29 is 14.3 Å². The molecule has 0 bridgehead atoms. The predicted octanol–water partition coefficient (Wildman–Crippen LogP) is 4.08. The molecular weight excluding hydrogens is 402 g/mol. The number of nitrogens with zero attached hydrogens (tertiary/aromatic N) is 3. The van der Waals surface area contributed by atoms with Gasteiger partial charge in [-0.2, -0.15) is 0 Å². The van der Waals surface area contributed by atoms with Crippen molar-refractivity contribution in [3.05, 3.63) is 71.6 Å². The normalized spacial score (nSPS) is 15.4. The number of rotatable bonds is 6. The molecule has 0 saturated carbocycles. The minimum Gasteiger partial charge on any atom is -0.457 e. The molecule has 0 atom stereocenters. The first kappa shape index (κ1) is 23.4. The molecule has 3 rings (SSSR count). The zero-order valence-electron chi connectivity index (χ0n) is 19.2. The van der Waals surface area contributed by atoms with E-state index in [1.54, 1.807) is 24.3 Å². The highest BCUT2D eigenvalue weighted by atomic mass is 16.6. The topological polar surface area (TPSA) is 62.7 Å². The lowest BCUT2D eigenvalue weighted by Crippen LogP contribution is -2.44. The van der Waals surface area contributed by atoms with E-state index in [-0.39, 0.29) is 5.78 Å². The standard InChI is InChI=1S/C26H31N3O3/c1-26(2,3)32-25(31)15-13-21-9-7-8-20(27-21)12-14-24(30)22-10-5-6-11-23(22)29-18-16-28(4)17-19-29/h5-15H,16-19H2,1-4H3. The molecular formula is C26H31N3O3. The monoisotopic (exact) mass is 433 g/mol. The number of hydrogen-bond acceptors (Lipinski definition) is 6. The molecule has 6 heteroatoms. The first-order valence-electron chi connectivity index (χ1n) is 10.8. The van der Waals surface area contributed by atoms with Crippen LogP contribution >= 0.6 is 0 Å². The van der Waals surface area contributed by atoms with Gasteiger partial charge in [-0.25, -0.2) is 9.78 Å². The molecule has 0 amide bonds. The third-order valence-corrected chi connectivity index (χ3v) is 5.01. The Bertz CT molecular complexity index is 1010. The first-order valence-corrected chi connectivity index (χ1v) is 10.8. The molecule has 1 aliphatic heterocycles. The number of piperazine rings is 1. The average Bonchev–Trinajstić information content (AvgIpc) is 2.76. The van der Waals surface area contributed by atoms with Crippen molar-refractivity contribution in [3.63, 3.8) is 0 Å². The number of likely N-dealkylation sites (N-methyl/N-ethyl adjacent to an activating group) is 1. The van der Waals surface area contributed by atoms with Gasteiger partial charge in [0.25, 0.3) is 0 Å². The fourth-order valence-electron chi connectivity index (χ4n) is 3.40. The SMILES string of the molecule is CN1CCN(c2ccccc2C(=O)C=Cc2cccc(C=CC(=O)OC(C)(C)C)n2)CC1. The van der Waals surface area contributed by atoms with Gasteiger partial charge in [0.15, 0.2) is 5.78 Å². The molecule has 168 valence electrons. The molecule has 1 aromatic heterocycles. The number of ether oxygens (including phenoxy) is 1. The molecule has 6 nitrogen and oxygen atoms in total. The van der Waals surface area contributed by atoms with Crippen LogP contribution in [0.1, 0.15) is 42.5 Å². The van der Waals surface area contributed by atoms with Gasteiger partial charge in [-0.05, 0) is 70.3 Å². The van der Waals surface area contributed by atoms with Crippen molar-refractivity contribution in [1.82, 2.24) is 9.88 Å². The van der Waals surface area contributed by atoms with E-state index in [9.17, 15) is 9.59 Å². The molecule has 0 aliphatic carbocycles. The van der Waals surface area contributed by atoms with Crippen molar-refractivity contribution in [1.29, 1.82) is 0 Å². The van der Waals surface area contributed by atoms with Gasteiger partial charge in [-0.3, -0.25) is 4.79 Å². The second-order valence-electron chi connectivity index (χ2n) is 8.86. The van der Waals surface area contributed by atoms with Gasteiger partial charge in [0.2, 0.25) is 0 Å². The van der Waals surface area contributed by atoms with Crippen LogP contribution in [0.15, 0.2) is 54.6 Å². The van der Waals surface area contributed by atoms with E-state index in [0.29, 0.717) is 17.0 Å². The Balaban J connectivity index is 1.70. The van der Waals surface area contributed by atoms with Crippen molar-refractivity contribution in [3.8, 4) is 0 Å². The fourth-order valence-corrected chi connectivity index (χ4v) is 3.40. The highest BCUT2D eigenvalue weighted by Gasteiger charge is 2.19. The summed E-state index contributed by atoms with van der Waals surface area (Å²) >= 11 is 0.